The minimum atomic E-state index is 0.652. The number of nitrogens with zero attached hydrogens (tertiary/aromatic N) is 3. The Bertz CT molecular complexity index is 506. The fraction of sp³-hybridized carbons (Fsp3) is 0.667. The zero-order valence-electron chi connectivity index (χ0n) is 14.5. The van der Waals surface area contributed by atoms with Crippen molar-refractivity contribution in [3.05, 3.63) is 18.2 Å². The van der Waals surface area contributed by atoms with E-state index in [1.165, 1.54) is 44.7 Å². The molecule has 2 saturated heterocycles. The van der Waals surface area contributed by atoms with Gasteiger partial charge in [-0.2, -0.15) is 0 Å². The lowest BCUT2D eigenvalue weighted by Crippen LogP contribution is -2.52. The maximum absolute atomic E-state index is 5.98. The number of benzene rings is 1. The smallest absolute Gasteiger partial charge is 0.144 e. The molecule has 23 heavy (non-hydrogen) atoms. The summed E-state index contributed by atoms with van der Waals surface area (Å²) in [6, 6.07) is 6.93. The summed E-state index contributed by atoms with van der Waals surface area (Å²) in [6.45, 7) is 9.73. The minimum absolute atomic E-state index is 0.652. The molecule has 0 spiro atoms. The molecule has 0 unspecified atom stereocenters. The van der Waals surface area contributed by atoms with E-state index in [1.54, 1.807) is 0 Å². The molecular formula is C18H30N4O. The maximum atomic E-state index is 5.98. The largest absolute Gasteiger partial charge is 0.492 e. The molecule has 2 fully saturated rings. The first-order chi connectivity index (χ1) is 11.2. The van der Waals surface area contributed by atoms with Crippen molar-refractivity contribution in [3.63, 3.8) is 0 Å². The summed E-state index contributed by atoms with van der Waals surface area (Å²) < 4.78 is 5.63. The molecule has 1 aromatic carbocycles. The first-order valence-corrected chi connectivity index (χ1v) is 8.87. The van der Waals surface area contributed by atoms with Crippen molar-refractivity contribution < 1.29 is 4.74 Å². The second-order valence-corrected chi connectivity index (χ2v) is 6.71. The van der Waals surface area contributed by atoms with Gasteiger partial charge in [-0.25, -0.2) is 0 Å². The third-order valence-corrected chi connectivity index (χ3v) is 5.18. The highest BCUT2D eigenvalue weighted by Gasteiger charge is 2.26. The van der Waals surface area contributed by atoms with Crippen molar-refractivity contribution in [1.29, 1.82) is 0 Å². The Labute approximate surface area is 140 Å². The van der Waals surface area contributed by atoms with Crippen LogP contribution in [0.25, 0.3) is 0 Å². The van der Waals surface area contributed by atoms with Gasteiger partial charge in [0.15, 0.2) is 0 Å². The van der Waals surface area contributed by atoms with Gasteiger partial charge in [0.2, 0.25) is 0 Å². The SMILES string of the molecule is CCOc1cc(N2CCC(N3CCN(C)CC3)CC2)ccc1N. The topological polar surface area (TPSA) is 45.0 Å². The molecule has 2 N–H and O–H groups in total. The number of anilines is 2. The van der Waals surface area contributed by atoms with Crippen molar-refractivity contribution in [3.8, 4) is 5.75 Å². The summed E-state index contributed by atoms with van der Waals surface area (Å²) in [4.78, 5) is 7.58. The summed E-state index contributed by atoms with van der Waals surface area (Å²) in [5, 5.41) is 0. The van der Waals surface area contributed by atoms with Gasteiger partial charge in [0.05, 0.1) is 12.3 Å². The van der Waals surface area contributed by atoms with Crippen LogP contribution in [-0.2, 0) is 0 Å². The van der Waals surface area contributed by atoms with Crippen LogP contribution < -0.4 is 15.4 Å². The average Bonchev–Trinajstić information content (AvgIpc) is 2.58. The van der Waals surface area contributed by atoms with Gasteiger partial charge in [0.1, 0.15) is 5.75 Å². The molecule has 0 saturated carbocycles. The monoisotopic (exact) mass is 318 g/mol. The van der Waals surface area contributed by atoms with Gasteiger partial charge in [-0.05, 0) is 38.9 Å². The Morgan fingerprint density at radius 3 is 2.43 bits per heavy atom. The van der Waals surface area contributed by atoms with Crippen LogP contribution in [0.15, 0.2) is 18.2 Å². The van der Waals surface area contributed by atoms with Crippen molar-refractivity contribution in [2.45, 2.75) is 25.8 Å². The van der Waals surface area contributed by atoms with Gasteiger partial charge in [-0.3, -0.25) is 4.90 Å². The Kier molecular flexibility index (Phi) is 5.28. The number of nitrogen functional groups attached to an aromatic ring is 1. The maximum Gasteiger partial charge on any atom is 0.144 e. The molecule has 2 aliphatic heterocycles. The van der Waals surface area contributed by atoms with Crippen LogP contribution in [0.1, 0.15) is 19.8 Å². The van der Waals surface area contributed by atoms with Gasteiger partial charge in [-0.15, -0.1) is 0 Å². The molecule has 3 rings (SSSR count). The van der Waals surface area contributed by atoms with Crippen LogP contribution in [0.5, 0.6) is 5.75 Å². The number of likely N-dealkylation sites (N-methyl/N-ethyl adjacent to an activating group) is 1. The van der Waals surface area contributed by atoms with Gasteiger partial charge < -0.3 is 20.3 Å². The molecule has 128 valence electrons. The van der Waals surface area contributed by atoms with Crippen LogP contribution in [0, 0.1) is 0 Å². The average molecular weight is 318 g/mol. The van der Waals surface area contributed by atoms with Gasteiger partial charge >= 0.3 is 0 Å². The number of hydrogen-bond donors (Lipinski definition) is 1. The lowest BCUT2D eigenvalue weighted by Gasteiger charge is -2.42. The van der Waals surface area contributed by atoms with Crippen LogP contribution in [-0.4, -0.2) is 68.8 Å². The molecule has 0 aliphatic carbocycles. The molecule has 5 heteroatoms. The third-order valence-electron chi connectivity index (χ3n) is 5.18. The highest BCUT2D eigenvalue weighted by molar-refractivity contribution is 5.62. The zero-order valence-corrected chi connectivity index (χ0v) is 14.5. The predicted molar refractivity (Wildman–Crippen MR) is 96.3 cm³/mol. The molecule has 0 amide bonds. The summed E-state index contributed by atoms with van der Waals surface area (Å²) in [6.07, 6.45) is 2.50. The molecule has 2 aliphatic rings. The highest BCUT2D eigenvalue weighted by Crippen LogP contribution is 2.30. The summed E-state index contributed by atoms with van der Waals surface area (Å²) in [7, 11) is 2.22. The highest BCUT2D eigenvalue weighted by atomic mass is 16.5. The van der Waals surface area contributed by atoms with Crippen molar-refractivity contribution in [2.24, 2.45) is 0 Å². The van der Waals surface area contributed by atoms with E-state index < -0.39 is 0 Å². The van der Waals surface area contributed by atoms with Crippen LogP contribution in [0.2, 0.25) is 0 Å². The lowest BCUT2D eigenvalue weighted by atomic mass is 10.0. The molecule has 0 bridgehead atoms. The van der Waals surface area contributed by atoms with E-state index in [0.717, 1.165) is 30.6 Å². The fourth-order valence-corrected chi connectivity index (χ4v) is 3.68. The molecule has 0 radical (unpaired) electrons. The predicted octanol–water partition coefficient (Wildman–Crippen LogP) is 1.88. The number of piperazine rings is 1. The second-order valence-electron chi connectivity index (χ2n) is 6.71. The standard InChI is InChI=1S/C18H30N4O/c1-3-23-18-14-16(4-5-17(18)19)21-8-6-15(7-9-21)22-12-10-20(2)11-13-22/h4-5,14-15H,3,6-13,19H2,1-2H3. The van der Waals surface area contributed by atoms with Gasteiger partial charge in [0, 0.05) is 57.1 Å². The van der Waals surface area contributed by atoms with Gasteiger partial charge in [0.25, 0.3) is 0 Å². The number of nitrogens with two attached hydrogens (primary N) is 1. The molecule has 0 aromatic heterocycles. The minimum Gasteiger partial charge on any atom is -0.492 e. The van der Waals surface area contributed by atoms with Crippen LogP contribution >= 0.6 is 0 Å². The van der Waals surface area contributed by atoms with E-state index in [9.17, 15) is 0 Å². The first kappa shape index (κ1) is 16.4. The normalized spacial score (nSPS) is 21.6. The Balaban J connectivity index is 1.57. The molecular weight excluding hydrogens is 288 g/mol. The van der Waals surface area contributed by atoms with Crippen LogP contribution in [0.3, 0.4) is 0 Å². The molecule has 5 nitrogen and oxygen atoms in total. The number of ether oxygens (including phenoxy) is 1. The number of hydrogen-bond acceptors (Lipinski definition) is 5. The Hall–Kier alpha value is -1.46. The zero-order chi connectivity index (χ0) is 16.2. The fourth-order valence-electron chi connectivity index (χ4n) is 3.68. The summed E-state index contributed by atoms with van der Waals surface area (Å²) in [5.41, 5.74) is 7.94. The Morgan fingerprint density at radius 1 is 1.09 bits per heavy atom. The Morgan fingerprint density at radius 2 is 1.78 bits per heavy atom. The van der Waals surface area contributed by atoms with E-state index in [0.29, 0.717) is 6.61 Å². The van der Waals surface area contributed by atoms with E-state index >= 15 is 0 Å². The van der Waals surface area contributed by atoms with Crippen molar-refractivity contribution in [1.82, 2.24) is 9.80 Å². The summed E-state index contributed by atoms with van der Waals surface area (Å²) in [5.74, 6) is 0.811. The van der Waals surface area contributed by atoms with E-state index in [-0.39, 0.29) is 0 Å². The molecule has 2 heterocycles. The van der Waals surface area contributed by atoms with Gasteiger partial charge in [-0.1, -0.05) is 0 Å². The molecule has 1 aromatic rings. The summed E-state index contributed by atoms with van der Waals surface area (Å²) >= 11 is 0. The van der Waals surface area contributed by atoms with E-state index in [4.69, 9.17) is 10.5 Å². The molecule has 0 atom stereocenters. The van der Waals surface area contributed by atoms with Crippen molar-refractivity contribution in [2.75, 3.05) is 63.6 Å². The van der Waals surface area contributed by atoms with E-state index in [2.05, 4.69) is 33.9 Å². The van der Waals surface area contributed by atoms with E-state index in [1.807, 2.05) is 13.0 Å². The number of rotatable bonds is 4. The second kappa shape index (κ2) is 7.41. The van der Waals surface area contributed by atoms with Crippen LogP contribution in [0.4, 0.5) is 11.4 Å². The van der Waals surface area contributed by atoms with Crippen molar-refractivity contribution >= 4 is 11.4 Å². The third kappa shape index (κ3) is 3.90. The number of piperidine rings is 1. The first-order valence-electron chi connectivity index (χ1n) is 8.87. The lowest BCUT2D eigenvalue weighted by molar-refractivity contribution is 0.0982. The quantitative estimate of drug-likeness (QED) is 0.859.